The second kappa shape index (κ2) is 8.96. The van der Waals surface area contributed by atoms with Gasteiger partial charge in [0.15, 0.2) is 0 Å². The normalized spacial score (nSPS) is 16.4. The van der Waals surface area contributed by atoms with E-state index in [9.17, 15) is 13.2 Å². The third-order valence-corrected chi connectivity index (χ3v) is 5.66. The van der Waals surface area contributed by atoms with E-state index < -0.39 is 10.0 Å². The number of sulfonamides is 1. The highest BCUT2D eigenvalue weighted by Gasteiger charge is 2.25. The molecule has 1 aliphatic heterocycles. The molecule has 0 atom stereocenters. The van der Waals surface area contributed by atoms with Crippen LogP contribution in [0.5, 0.6) is 0 Å². The second-order valence-corrected chi connectivity index (χ2v) is 7.50. The van der Waals surface area contributed by atoms with Gasteiger partial charge in [0.1, 0.15) is 0 Å². The first kappa shape index (κ1) is 18.6. The lowest BCUT2D eigenvalue weighted by atomic mass is 10.2. The average Bonchev–Trinajstić information content (AvgIpc) is 2.61. The minimum atomic E-state index is -3.48. The number of ether oxygens (including phenoxy) is 1. The molecule has 1 heterocycles. The van der Waals surface area contributed by atoms with Crippen LogP contribution in [0.4, 0.5) is 0 Å². The Labute approximate surface area is 143 Å². The van der Waals surface area contributed by atoms with Crippen LogP contribution >= 0.6 is 0 Å². The average molecular weight is 352 g/mol. The SMILES string of the molecule is CCCCNC(=O)/C=C/c1ccc(S(=O)(=O)N2CCOCC2)cc1. The molecular weight excluding hydrogens is 328 g/mol. The first-order chi connectivity index (χ1) is 11.5. The van der Waals surface area contributed by atoms with Crippen LogP contribution in [0.2, 0.25) is 0 Å². The van der Waals surface area contributed by atoms with Gasteiger partial charge in [-0.2, -0.15) is 4.31 Å². The van der Waals surface area contributed by atoms with Crippen LogP contribution in [0.25, 0.3) is 6.08 Å². The van der Waals surface area contributed by atoms with Crippen molar-refractivity contribution < 1.29 is 17.9 Å². The number of unbranched alkanes of at least 4 members (excludes halogenated alkanes) is 1. The smallest absolute Gasteiger partial charge is 0.243 e. The second-order valence-electron chi connectivity index (χ2n) is 5.56. The third-order valence-electron chi connectivity index (χ3n) is 3.74. The number of amides is 1. The van der Waals surface area contributed by atoms with E-state index in [1.807, 2.05) is 0 Å². The first-order valence-corrected chi connectivity index (χ1v) is 9.62. The fourth-order valence-electron chi connectivity index (χ4n) is 2.31. The largest absolute Gasteiger partial charge is 0.379 e. The molecule has 6 nitrogen and oxygen atoms in total. The Morgan fingerprint density at radius 1 is 1.25 bits per heavy atom. The zero-order valence-electron chi connectivity index (χ0n) is 13.9. The van der Waals surface area contributed by atoms with Crippen LogP contribution in [0, 0.1) is 0 Å². The third kappa shape index (κ3) is 5.15. The zero-order valence-corrected chi connectivity index (χ0v) is 14.7. The topological polar surface area (TPSA) is 75.7 Å². The number of benzene rings is 1. The number of carbonyl (C=O) groups excluding carboxylic acids is 1. The molecule has 1 amide bonds. The van der Waals surface area contributed by atoms with Crippen LogP contribution in [-0.4, -0.2) is 51.5 Å². The molecule has 0 saturated carbocycles. The Morgan fingerprint density at radius 2 is 1.92 bits per heavy atom. The van der Waals surface area contributed by atoms with Gasteiger partial charge in [-0.15, -0.1) is 0 Å². The van der Waals surface area contributed by atoms with E-state index in [1.54, 1.807) is 30.3 Å². The van der Waals surface area contributed by atoms with Crippen molar-refractivity contribution >= 4 is 22.0 Å². The molecular formula is C17H24N2O4S. The van der Waals surface area contributed by atoms with Crippen molar-refractivity contribution in [2.45, 2.75) is 24.7 Å². The van der Waals surface area contributed by atoms with E-state index in [0.717, 1.165) is 18.4 Å². The summed E-state index contributed by atoms with van der Waals surface area (Å²) in [5.41, 5.74) is 0.779. The summed E-state index contributed by atoms with van der Waals surface area (Å²) < 4.78 is 31.6. The lowest BCUT2D eigenvalue weighted by Crippen LogP contribution is -2.40. The Morgan fingerprint density at radius 3 is 2.54 bits per heavy atom. The molecule has 0 aromatic heterocycles. The molecule has 1 aromatic carbocycles. The molecule has 1 aliphatic rings. The molecule has 7 heteroatoms. The lowest BCUT2D eigenvalue weighted by Gasteiger charge is -2.26. The number of rotatable bonds is 7. The standard InChI is InChI=1S/C17H24N2O4S/c1-2-3-10-18-17(20)9-6-15-4-7-16(8-5-15)24(21,22)19-11-13-23-14-12-19/h4-9H,2-3,10-14H2,1H3,(H,18,20)/b9-6+. The number of hydrogen-bond donors (Lipinski definition) is 1. The Kier molecular flexibility index (Phi) is 6.96. The first-order valence-electron chi connectivity index (χ1n) is 8.18. The summed E-state index contributed by atoms with van der Waals surface area (Å²) in [5, 5.41) is 2.79. The Bertz CT molecular complexity index is 662. The van der Waals surface area contributed by atoms with E-state index >= 15 is 0 Å². The van der Waals surface area contributed by atoms with Crippen molar-refractivity contribution in [2.75, 3.05) is 32.8 Å². The van der Waals surface area contributed by atoms with Crippen molar-refractivity contribution in [1.29, 1.82) is 0 Å². The minimum Gasteiger partial charge on any atom is -0.379 e. The van der Waals surface area contributed by atoms with Gasteiger partial charge in [0.2, 0.25) is 15.9 Å². The van der Waals surface area contributed by atoms with Crippen molar-refractivity contribution in [3.63, 3.8) is 0 Å². The molecule has 0 spiro atoms. The molecule has 0 bridgehead atoms. The van der Waals surface area contributed by atoms with E-state index in [1.165, 1.54) is 10.4 Å². The summed E-state index contributed by atoms with van der Waals surface area (Å²) in [7, 11) is -3.48. The van der Waals surface area contributed by atoms with Gasteiger partial charge in [-0.3, -0.25) is 4.79 Å². The van der Waals surface area contributed by atoms with Crippen molar-refractivity contribution in [1.82, 2.24) is 9.62 Å². The van der Waals surface area contributed by atoms with E-state index in [4.69, 9.17) is 4.74 Å². The number of morpholine rings is 1. The summed E-state index contributed by atoms with van der Waals surface area (Å²) in [6, 6.07) is 6.53. The molecule has 0 aliphatic carbocycles. The maximum Gasteiger partial charge on any atom is 0.243 e. The molecule has 24 heavy (non-hydrogen) atoms. The number of carbonyl (C=O) groups is 1. The Balaban J connectivity index is 1.98. The van der Waals surface area contributed by atoms with E-state index in [-0.39, 0.29) is 10.8 Å². The van der Waals surface area contributed by atoms with Gasteiger partial charge in [-0.05, 0) is 30.2 Å². The summed E-state index contributed by atoms with van der Waals surface area (Å²) in [6.45, 7) is 4.33. The predicted molar refractivity (Wildman–Crippen MR) is 93.0 cm³/mol. The molecule has 0 radical (unpaired) electrons. The van der Waals surface area contributed by atoms with Crippen molar-refractivity contribution in [3.8, 4) is 0 Å². The van der Waals surface area contributed by atoms with Crippen molar-refractivity contribution in [3.05, 3.63) is 35.9 Å². The molecule has 1 fully saturated rings. The maximum atomic E-state index is 12.5. The number of hydrogen-bond acceptors (Lipinski definition) is 4. The fourth-order valence-corrected chi connectivity index (χ4v) is 3.71. The van der Waals surface area contributed by atoms with Gasteiger partial charge in [0, 0.05) is 25.7 Å². The van der Waals surface area contributed by atoms with Gasteiger partial charge in [0.25, 0.3) is 0 Å². The van der Waals surface area contributed by atoms with Gasteiger partial charge in [-0.25, -0.2) is 8.42 Å². The van der Waals surface area contributed by atoms with Crippen molar-refractivity contribution in [2.24, 2.45) is 0 Å². The molecule has 132 valence electrons. The summed E-state index contributed by atoms with van der Waals surface area (Å²) in [6.07, 6.45) is 5.12. The molecule has 0 unspecified atom stereocenters. The zero-order chi connectivity index (χ0) is 17.4. The molecule has 2 rings (SSSR count). The highest BCUT2D eigenvalue weighted by molar-refractivity contribution is 7.89. The Hall–Kier alpha value is -1.70. The van der Waals surface area contributed by atoms with E-state index in [0.29, 0.717) is 32.8 Å². The highest BCUT2D eigenvalue weighted by Crippen LogP contribution is 2.18. The highest BCUT2D eigenvalue weighted by atomic mass is 32.2. The summed E-state index contributed by atoms with van der Waals surface area (Å²) in [4.78, 5) is 11.9. The number of nitrogens with zero attached hydrogens (tertiary/aromatic N) is 1. The lowest BCUT2D eigenvalue weighted by molar-refractivity contribution is -0.116. The minimum absolute atomic E-state index is 0.145. The van der Waals surface area contributed by atoms with Gasteiger partial charge in [0.05, 0.1) is 18.1 Å². The molecule has 1 saturated heterocycles. The van der Waals surface area contributed by atoms with Crippen LogP contribution < -0.4 is 5.32 Å². The predicted octanol–water partition coefficient (Wildman–Crippen LogP) is 1.64. The van der Waals surface area contributed by atoms with Gasteiger partial charge < -0.3 is 10.1 Å². The van der Waals surface area contributed by atoms with E-state index in [2.05, 4.69) is 12.2 Å². The quantitative estimate of drug-likeness (QED) is 0.598. The maximum absolute atomic E-state index is 12.5. The summed E-state index contributed by atoms with van der Waals surface area (Å²) in [5.74, 6) is -0.145. The summed E-state index contributed by atoms with van der Waals surface area (Å²) >= 11 is 0. The van der Waals surface area contributed by atoms with Crippen LogP contribution in [-0.2, 0) is 19.6 Å². The monoisotopic (exact) mass is 352 g/mol. The van der Waals surface area contributed by atoms with Gasteiger partial charge >= 0.3 is 0 Å². The number of nitrogens with one attached hydrogen (secondary N) is 1. The molecule has 1 aromatic rings. The molecule has 1 N–H and O–H groups in total. The van der Waals surface area contributed by atoms with Gasteiger partial charge in [-0.1, -0.05) is 25.5 Å². The van der Waals surface area contributed by atoms with Crippen LogP contribution in [0.3, 0.4) is 0 Å². The fraction of sp³-hybridized carbons (Fsp3) is 0.471. The van der Waals surface area contributed by atoms with Crippen LogP contribution in [0.15, 0.2) is 35.2 Å². The van der Waals surface area contributed by atoms with Crippen LogP contribution in [0.1, 0.15) is 25.3 Å².